The van der Waals surface area contributed by atoms with Crippen LogP contribution in [0.2, 0.25) is 0 Å². The van der Waals surface area contributed by atoms with Crippen molar-refractivity contribution in [2.75, 3.05) is 24.4 Å². The number of nitrogens with one attached hydrogen (secondary N) is 1. The molecule has 9 atom stereocenters. The van der Waals surface area contributed by atoms with Crippen molar-refractivity contribution in [3.05, 3.63) is 112 Å². The van der Waals surface area contributed by atoms with Crippen LogP contribution in [-0.2, 0) is 24.2 Å². The molecule has 1 saturated heterocycles. The average Bonchev–Trinajstić information content (AvgIpc) is 3.21. The first-order valence-corrected chi connectivity index (χ1v) is 21.5. The predicted molar refractivity (Wildman–Crippen MR) is 213 cm³/mol. The fourth-order valence-corrected chi connectivity index (χ4v) is 12.4. The Balaban J connectivity index is 1.28. The Labute approximate surface area is 337 Å². The molecular formula is C42H46N2O11S2. The molecule has 0 amide bonds. The standard InChI is InChI=1S/C42H46N2O11S2/c45-13-3-8-32-41-29(17-26(18-31(41)48)15-23-4-1-5-25(14-23)20-46)35(49)28-6-2-7-30(34(28)36(41)50)54-38-37(51)42(53)27(9-11-40(21-47,55-38)39(42)52)16-24-10-12-43-33(19-24)44-22-56-57-32/h1-2,4-7,10,12,14,17-19,27,29,32,37-39,45-48,51-53H,3,8-9,11,13,15-16,20-22H2,(H,43,44)/t27-,29+,32-,37-,38+,39+,40+,41-,42+/m0/s1. The van der Waals surface area contributed by atoms with E-state index in [4.69, 9.17) is 9.47 Å². The van der Waals surface area contributed by atoms with Gasteiger partial charge in [-0.3, -0.25) is 9.59 Å². The lowest BCUT2D eigenvalue weighted by Gasteiger charge is -2.59. The van der Waals surface area contributed by atoms with Gasteiger partial charge in [0.1, 0.15) is 46.2 Å². The zero-order valence-corrected chi connectivity index (χ0v) is 32.6. The first-order valence-electron chi connectivity index (χ1n) is 19.1. The lowest BCUT2D eigenvalue weighted by molar-refractivity contribution is -0.376. The quantitative estimate of drug-likeness (QED) is 0.160. The molecule has 1 spiro atoms. The molecule has 0 unspecified atom stereocenters. The average molecular weight is 819 g/mol. The molecule has 0 radical (unpaired) electrons. The van der Waals surface area contributed by atoms with E-state index in [1.807, 2.05) is 24.3 Å². The van der Waals surface area contributed by atoms with Crippen LogP contribution >= 0.6 is 21.6 Å². The smallest absolute Gasteiger partial charge is 0.229 e. The molecule has 2 aromatic carbocycles. The van der Waals surface area contributed by atoms with Crippen molar-refractivity contribution in [3.63, 3.8) is 0 Å². The number of carbonyl (C=O) groups excluding carboxylic acids is 2. The summed E-state index contributed by atoms with van der Waals surface area (Å²) in [6.45, 7) is -1.06. The minimum Gasteiger partial charge on any atom is -0.511 e. The maximum absolute atomic E-state index is 15.5. The summed E-state index contributed by atoms with van der Waals surface area (Å²) in [7, 11) is 2.69. The number of aliphatic hydroxyl groups is 7. The van der Waals surface area contributed by atoms with Gasteiger partial charge in [-0.15, -0.1) is 0 Å². The van der Waals surface area contributed by atoms with Gasteiger partial charge in [-0.2, -0.15) is 0 Å². The third kappa shape index (κ3) is 6.61. The lowest BCUT2D eigenvalue weighted by atomic mass is 9.57. The highest BCUT2D eigenvalue weighted by Crippen LogP contribution is 2.58. The van der Waals surface area contributed by atoms with E-state index in [1.165, 1.54) is 45.9 Å². The highest BCUT2D eigenvalue weighted by atomic mass is 33.1. The number of aliphatic hydroxyl groups excluding tert-OH is 6. The molecular weight excluding hydrogens is 773 g/mol. The van der Waals surface area contributed by atoms with Crippen LogP contribution in [0.5, 0.6) is 5.75 Å². The molecule has 3 aromatic rings. The van der Waals surface area contributed by atoms with Gasteiger partial charge in [0.2, 0.25) is 6.29 Å². The Morgan fingerprint density at radius 3 is 2.61 bits per heavy atom. The molecule has 2 fully saturated rings. The number of pyridine rings is 1. The number of Topliss-reactive ketones (excluding diaryl/α,β-unsaturated/α-hetero) is 2. The topological polar surface area (TPSA) is 219 Å². The van der Waals surface area contributed by atoms with Crippen molar-refractivity contribution in [2.24, 2.45) is 17.3 Å². The number of fused-ring (bicyclic) bond motifs is 4. The molecule has 5 aliphatic rings. The molecule has 15 heteroatoms. The fraction of sp³-hybridized carbons (Fsp3) is 0.452. The van der Waals surface area contributed by atoms with Crippen LogP contribution in [0, 0.1) is 17.3 Å². The third-order valence-electron chi connectivity index (χ3n) is 12.4. The minimum absolute atomic E-state index is 0.0314. The number of benzene rings is 2. The molecule has 7 bridgehead atoms. The van der Waals surface area contributed by atoms with Crippen LogP contribution < -0.4 is 10.1 Å². The maximum atomic E-state index is 15.5. The molecule has 3 aliphatic carbocycles. The summed E-state index contributed by atoms with van der Waals surface area (Å²) in [4.78, 5) is 34.9. The van der Waals surface area contributed by atoms with E-state index in [2.05, 4.69) is 10.3 Å². The van der Waals surface area contributed by atoms with Gasteiger partial charge in [0.15, 0.2) is 11.6 Å². The van der Waals surface area contributed by atoms with E-state index in [0.29, 0.717) is 29.3 Å². The van der Waals surface area contributed by atoms with Crippen molar-refractivity contribution in [1.82, 2.24) is 4.98 Å². The number of hydrogen-bond donors (Lipinski definition) is 8. The first kappa shape index (κ1) is 40.0. The zero-order valence-electron chi connectivity index (χ0n) is 31.0. The third-order valence-corrected chi connectivity index (χ3v) is 15.1. The lowest BCUT2D eigenvalue weighted by Crippen LogP contribution is -2.78. The predicted octanol–water partition coefficient (Wildman–Crippen LogP) is 3.66. The van der Waals surface area contributed by atoms with Crippen LogP contribution in [0.1, 0.15) is 63.1 Å². The fourth-order valence-electron chi connectivity index (χ4n) is 9.51. The van der Waals surface area contributed by atoms with E-state index < -0.39 is 70.4 Å². The van der Waals surface area contributed by atoms with Gasteiger partial charge >= 0.3 is 0 Å². The Hall–Kier alpha value is -3.77. The van der Waals surface area contributed by atoms with E-state index in [1.54, 1.807) is 24.4 Å². The van der Waals surface area contributed by atoms with Crippen LogP contribution in [0.4, 0.5) is 5.82 Å². The van der Waals surface area contributed by atoms with Crippen molar-refractivity contribution in [2.45, 2.75) is 80.1 Å². The van der Waals surface area contributed by atoms with E-state index >= 15 is 4.79 Å². The number of hydrogen-bond acceptors (Lipinski definition) is 15. The number of nitrogens with zero attached hydrogens (tertiary/aromatic N) is 1. The monoisotopic (exact) mass is 818 g/mol. The van der Waals surface area contributed by atoms with Crippen molar-refractivity contribution >= 4 is 39.0 Å². The van der Waals surface area contributed by atoms with Gasteiger partial charge in [-0.1, -0.05) is 64.1 Å². The summed E-state index contributed by atoms with van der Waals surface area (Å²) < 4.78 is 12.5. The number of ether oxygens (including phenoxy) is 2. The number of allylic oxidation sites excluding steroid dienone is 4. The molecule has 8 rings (SSSR count). The van der Waals surface area contributed by atoms with Crippen LogP contribution in [0.15, 0.2) is 84.3 Å². The summed E-state index contributed by atoms with van der Waals surface area (Å²) in [5, 5.41) is 81.2. The van der Waals surface area contributed by atoms with Gasteiger partial charge in [0.25, 0.3) is 0 Å². The Morgan fingerprint density at radius 1 is 1.02 bits per heavy atom. The van der Waals surface area contributed by atoms with E-state index in [-0.39, 0.29) is 68.0 Å². The first-order chi connectivity index (χ1) is 27.5. The van der Waals surface area contributed by atoms with Gasteiger partial charge in [0.05, 0.1) is 30.6 Å². The van der Waals surface area contributed by atoms with Gasteiger partial charge in [-0.25, -0.2) is 4.98 Å². The zero-order chi connectivity index (χ0) is 40.1. The van der Waals surface area contributed by atoms with Gasteiger partial charge in [0, 0.05) is 23.6 Å². The molecule has 8 N–H and O–H groups in total. The summed E-state index contributed by atoms with van der Waals surface area (Å²) in [6.07, 6.45) is 1.06. The van der Waals surface area contributed by atoms with Gasteiger partial charge in [-0.05, 0) is 91.0 Å². The van der Waals surface area contributed by atoms with Crippen molar-refractivity contribution in [1.29, 1.82) is 0 Å². The summed E-state index contributed by atoms with van der Waals surface area (Å²) >= 11 is 0. The number of anilines is 1. The maximum Gasteiger partial charge on any atom is 0.229 e. The summed E-state index contributed by atoms with van der Waals surface area (Å²) in [5.74, 6) is -2.57. The Bertz CT molecular complexity index is 2110. The molecule has 302 valence electrons. The van der Waals surface area contributed by atoms with E-state index in [9.17, 15) is 40.5 Å². The van der Waals surface area contributed by atoms with Crippen molar-refractivity contribution in [3.8, 4) is 5.75 Å². The van der Waals surface area contributed by atoms with Crippen molar-refractivity contribution < 1.29 is 54.8 Å². The molecule has 3 heterocycles. The normalized spacial score (nSPS) is 33.5. The van der Waals surface area contributed by atoms with Crippen LogP contribution in [0.3, 0.4) is 0 Å². The summed E-state index contributed by atoms with van der Waals surface area (Å²) in [5.41, 5.74) is -2.99. The number of carbonyl (C=O) groups is 2. The molecule has 13 nitrogen and oxygen atoms in total. The second-order valence-corrected chi connectivity index (χ2v) is 18.2. The minimum atomic E-state index is -2.22. The van der Waals surface area contributed by atoms with Crippen LogP contribution in [0.25, 0.3) is 0 Å². The van der Waals surface area contributed by atoms with Crippen LogP contribution in [-0.4, -0.2) is 106 Å². The molecule has 57 heavy (non-hydrogen) atoms. The van der Waals surface area contributed by atoms with Gasteiger partial charge < -0.3 is 50.5 Å². The van der Waals surface area contributed by atoms with E-state index in [0.717, 1.165) is 11.1 Å². The second-order valence-electron chi connectivity index (χ2n) is 15.6. The number of rotatable bonds is 7. The largest absolute Gasteiger partial charge is 0.511 e. The second kappa shape index (κ2) is 15.8. The Kier molecular flexibility index (Phi) is 11.1. The SMILES string of the molecule is O=C1c2cccc3c2C(=O)[C@@]2(C(O)=CC(Cc4cccc(CO)c4)=C[C@H]12)[C@H](CCCO)SSCNc1cc(ccn1)C[C@@H]1CC[C@]2(CO)O[C@@H](O3)[C@H](O)[C@@]1(O)[C@@H]2O. The molecule has 2 aliphatic heterocycles. The highest BCUT2D eigenvalue weighted by Gasteiger charge is 2.68. The number of aromatic nitrogens is 1. The molecule has 1 saturated carbocycles. The Morgan fingerprint density at radius 2 is 1.82 bits per heavy atom. The molecule has 1 aromatic heterocycles. The summed E-state index contributed by atoms with van der Waals surface area (Å²) in [6, 6.07) is 15.4. The highest BCUT2D eigenvalue weighted by molar-refractivity contribution is 8.77. The number of ketones is 2.